The van der Waals surface area contributed by atoms with Crippen molar-refractivity contribution in [3.05, 3.63) is 23.4 Å². The normalized spacial score (nSPS) is 16.8. The van der Waals surface area contributed by atoms with Gasteiger partial charge in [-0.1, -0.05) is 6.07 Å². The summed E-state index contributed by atoms with van der Waals surface area (Å²) in [5, 5.41) is 0. The van der Waals surface area contributed by atoms with Crippen LogP contribution in [0.15, 0.2) is 12.1 Å². The molecule has 0 atom stereocenters. The minimum absolute atomic E-state index is 0.558. The summed E-state index contributed by atoms with van der Waals surface area (Å²) in [4.78, 5) is 6.80. The van der Waals surface area contributed by atoms with E-state index >= 15 is 0 Å². The van der Waals surface area contributed by atoms with Crippen LogP contribution in [0.4, 0.5) is 5.82 Å². The van der Waals surface area contributed by atoms with Crippen LogP contribution in [0.25, 0.3) is 0 Å². The zero-order valence-corrected chi connectivity index (χ0v) is 9.07. The third-order valence-electron chi connectivity index (χ3n) is 2.74. The molecule has 0 saturated carbocycles. The van der Waals surface area contributed by atoms with Crippen molar-refractivity contribution in [2.75, 3.05) is 31.2 Å². The smallest absolute Gasteiger partial charge is 0.128 e. The molecule has 2 heterocycles. The molecule has 2 rings (SSSR count). The first kappa shape index (κ1) is 10.4. The van der Waals surface area contributed by atoms with E-state index < -0.39 is 0 Å². The van der Waals surface area contributed by atoms with Crippen molar-refractivity contribution in [2.45, 2.75) is 13.5 Å². The number of aryl methyl sites for hydroxylation is 1. The highest BCUT2D eigenvalue weighted by molar-refractivity contribution is 5.41. The Kier molecular flexibility index (Phi) is 3.18. The summed E-state index contributed by atoms with van der Waals surface area (Å²) in [5.41, 5.74) is 7.75. The first-order valence-corrected chi connectivity index (χ1v) is 5.30. The fraction of sp³-hybridized carbons (Fsp3) is 0.545. The fourth-order valence-electron chi connectivity index (χ4n) is 1.76. The second-order valence-corrected chi connectivity index (χ2v) is 3.72. The molecular weight excluding hydrogens is 190 g/mol. The summed E-state index contributed by atoms with van der Waals surface area (Å²) in [7, 11) is 0. The molecule has 0 amide bonds. The number of ether oxygens (including phenoxy) is 1. The molecule has 1 aromatic heterocycles. The summed E-state index contributed by atoms with van der Waals surface area (Å²) >= 11 is 0. The molecule has 1 aliphatic heterocycles. The summed E-state index contributed by atoms with van der Waals surface area (Å²) in [5.74, 6) is 1.04. The topological polar surface area (TPSA) is 51.4 Å². The number of nitrogens with zero attached hydrogens (tertiary/aromatic N) is 2. The van der Waals surface area contributed by atoms with Crippen molar-refractivity contribution in [3.8, 4) is 0 Å². The lowest BCUT2D eigenvalue weighted by Crippen LogP contribution is -2.36. The standard InChI is InChI=1S/C11H17N3O/c1-9-10(8-12)2-3-11(13-9)14-4-6-15-7-5-14/h2-3H,4-8,12H2,1H3. The van der Waals surface area contributed by atoms with Gasteiger partial charge < -0.3 is 15.4 Å². The molecule has 0 unspecified atom stereocenters. The molecule has 0 aromatic carbocycles. The molecule has 1 saturated heterocycles. The summed E-state index contributed by atoms with van der Waals surface area (Å²) in [6, 6.07) is 4.10. The van der Waals surface area contributed by atoms with Gasteiger partial charge in [-0.3, -0.25) is 0 Å². The Hall–Kier alpha value is -1.13. The molecule has 0 spiro atoms. The Balaban J connectivity index is 2.17. The number of rotatable bonds is 2. The number of hydrogen-bond acceptors (Lipinski definition) is 4. The lowest BCUT2D eigenvalue weighted by molar-refractivity contribution is 0.122. The van der Waals surface area contributed by atoms with E-state index in [4.69, 9.17) is 10.5 Å². The largest absolute Gasteiger partial charge is 0.378 e. The summed E-state index contributed by atoms with van der Waals surface area (Å²) in [6.07, 6.45) is 0. The Bertz CT molecular complexity index is 335. The Labute approximate surface area is 90.0 Å². The van der Waals surface area contributed by atoms with Crippen LogP contribution in [-0.2, 0) is 11.3 Å². The van der Waals surface area contributed by atoms with E-state index in [-0.39, 0.29) is 0 Å². The van der Waals surface area contributed by atoms with Gasteiger partial charge in [-0.05, 0) is 18.6 Å². The SMILES string of the molecule is Cc1nc(N2CCOCC2)ccc1CN. The van der Waals surface area contributed by atoms with Crippen molar-refractivity contribution < 1.29 is 4.74 Å². The van der Waals surface area contributed by atoms with Crippen LogP contribution in [-0.4, -0.2) is 31.3 Å². The first-order valence-electron chi connectivity index (χ1n) is 5.30. The Morgan fingerprint density at radius 3 is 2.73 bits per heavy atom. The van der Waals surface area contributed by atoms with E-state index in [0.29, 0.717) is 6.54 Å². The minimum Gasteiger partial charge on any atom is -0.378 e. The van der Waals surface area contributed by atoms with E-state index in [1.54, 1.807) is 0 Å². The van der Waals surface area contributed by atoms with E-state index in [1.807, 2.05) is 13.0 Å². The van der Waals surface area contributed by atoms with Crippen molar-refractivity contribution >= 4 is 5.82 Å². The van der Waals surface area contributed by atoms with Gasteiger partial charge in [0.25, 0.3) is 0 Å². The van der Waals surface area contributed by atoms with Gasteiger partial charge in [0.2, 0.25) is 0 Å². The van der Waals surface area contributed by atoms with Gasteiger partial charge in [-0.15, -0.1) is 0 Å². The Morgan fingerprint density at radius 2 is 2.13 bits per heavy atom. The first-order chi connectivity index (χ1) is 7.31. The average molecular weight is 207 g/mol. The van der Waals surface area contributed by atoms with E-state index in [0.717, 1.165) is 43.4 Å². The second-order valence-electron chi connectivity index (χ2n) is 3.72. The van der Waals surface area contributed by atoms with E-state index in [2.05, 4.69) is 16.0 Å². The second kappa shape index (κ2) is 4.59. The van der Waals surface area contributed by atoms with Crippen LogP contribution in [0.1, 0.15) is 11.3 Å². The van der Waals surface area contributed by atoms with Gasteiger partial charge in [-0.25, -0.2) is 4.98 Å². The highest BCUT2D eigenvalue weighted by atomic mass is 16.5. The van der Waals surface area contributed by atoms with E-state index in [1.165, 1.54) is 0 Å². The van der Waals surface area contributed by atoms with Gasteiger partial charge in [-0.2, -0.15) is 0 Å². The number of aromatic nitrogens is 1. The van der Waals surface area contributed by atoms with Gasteiger partial charge in [0.05, 0.1) is 13.2 Å². The maximum atomic E-state index is 5.61. The Morgan fingerprint density at radius 1 is 1.40 bits per heavy atom. The molecule has 0 radical (unpaired) electrons. The molecule has 1 aromatic rings. The molecule has 1 aliphatic rings. The van der Waals surface area contributed by atoms with Gasteiger partial charge in [0.1, 0.15) is 5.82 Å². The highest BCUT2D eigenvalue weighted by Gasteiger charge is 2.12. The fourth-order valence-corrected chi connectivity index (χ4v) is 1.76. The van der Waals surface area contributed by atoms with Crippen LogP contribution in [0, 0.1) is 6.92 Å². The minimum atomic E-state index is 0.558. The number of hydrogen-bond donors (Lipinski definition) is 1. The number of nitrogens with two attached hydrogens (primary N) is 1. The summed E-state index contributed by atoms with van der Waals surface area (Å²) < 4.78 is 5.31. The highest BCUT2D eigenvalue weighted by Crippen LogP contribution is 2.15. The van der Waals surface area contributed by atoms with E-state index in [9.17, 15) is 0 Å². The molecule has 2 N–H and O–H groups in total. The van der Waals surface area contributed by atoms with Crippen molar-refractivity contribution in [1.82, 2.24) is 4.98 Å². The summed E-state index contributed by atoms with van der Waals surface area (Å²) in [6.45, 7) is 6.00. The van der Waals surface area contributed by atoms with Gasteiger partial charge in [0.15, 0.2) is 0 Å². The van der Waals surface area contributed by atoms with Crippen LogP contribution in [0.5, 0.6) is 0 Å². The zero-order chi connectivity index (χ0) is 10.7. The van der Waals surface area contributed by atoms with Crippen LogP contribution < -0.4 is 10.6 Å². The lowest BCUT2D eigenvalue weighted by Gasteiger charge is -2.28. The van der Waals surface area contributed by atoms with Crippen molar-refractivity contribution in [2.24, 2.45) is 5.73 Å². The van der Waals surface area contributed by atoms with Crippen LogP contribution >= 0.6 is 0 Å². The van der Waals surface area contributed by atoms with Crippen molar-refractivity contribution in [3.63, 3.8) is 0 Å². The number of pyridine rings is 1. The molecular formula is C11H17N3O. The molecule has 82 valence electrons. The molecule has 1 fully saturated rings. The number of anilines is 1. The molecule has 15 heavy (non-hydrogen) atoms. The van der Waals surface area contributed by atoms with Gasteiger partial charge in [0, 0.05) is 25.3 Å². The van der Waals surface area contributed by atoms with Crippen LogP contribution in [0.3, 0.4) is 0 Å². The molecule has 4 heteroatoms. The predicted molar refractivity (Wildman–Crippen MR) is 59.9 cm³/mol. The zero-order valence-electron chi connectivity index (χ0n) is 9.07. The molecule has 4 nitrogen and oxygen atoms in total. The molecule has 0 aliphatic carbocycles. The van der Waals surface area contributed by atoms with Crippen molar-refractivity contribution in [1.29, 1.82) is 0 Å². The lowest BCUT2D eigenvalue weighted by atomic mass is 10.2. The predicted octanol–water partition coefficient (Wildman–Crippen LogP) is 0.685. The maximum absolute atomic E-state index is 5.61. The third kappa shape index (κ3) is 2.27. The average Bonchev–Trinajstić information content (AvgIpc) is 2.30. The maximum Gasteiger partial charge on any atom is 0.128 e. The third-order valence-corrected chi connectivity index (χ3v) is 2.74. The van der Waals surface area contributed by atoms with Crippen LogP contribution in [0.2, 0.25) is 0 Å². The monoisotopic (exact) mass is 207 g/mol. The quantitative estimate of drug-likeness (QED) is 0.775. The molecule has 0 bridgehead atoms. The van der Waals surface area contributed by atoms with Gasteiger partial charge >= 0.3 is 0 Å². The number of morpholine rings is 1.